The van der Waals surface area contributed by atoms with E-state index < -0.39 is 0 Å². The predicted molar refractivity (Wildman–Crippen MR) is 162 cm³/mol. The van der Waals surface area contributed by atoms with Gasteiger partial charge in [0.1, 0.15) is 5.75 Å². The lowest BCUT2D eigenvalue weighted by molar-refractivity contribution is 0.175. The van der Waals surface area contributed by atoms with Crippen molar-refractivity contribution in [2.24, 2.45) is 0 Å². The first-order valence-corrected chi connectivity index (χ1v) is 14.6. The minimum Gasteiger partial charge on any atom is -0.491 e. The third-order valence-corrected chi connectivity index (χ3v) is 8.04. The second kappa shape index (κ2) is 12.2. The second-order valence-electron chi connectivity index (χ2n) is 11.1. The molecular formula is C36H42N2O. The molecule has 1 aromatic heterocycles. The molecule has 0 saturated carbocycles. The summed E-state index contributed by atoms with van der Waals surface area (Å²) in [6, 6.07) is 29.1. The Morgan fingerprint density at radius 1 is 0.821 bits per heavy atom. The largest absolute Gasteiger partial charge is 0.491 e. The molecule has 0 N–H and O–H groups in total. The summed E-state index contributed by atoms with van der Waals surface area (Å²) in [5.74, 6) is 0.967. The summed E-state index contributed by atoms with van der Waals surface area (Å²) in [7, 11) is 0. The van der Waals surface area contributed by atoms with Crippen LogP contribution >= 0.6 is 0 Å². The normalized spacial score (nSPS) is 13.3. The maximum Gasteiger partial charge on any atom is 0.128 e. The van der Waals surface area contributed by atoms with Gasteiger partial charge in [-0.05, 0) is 74.3 Å². The van der Waals surface area contributed by atoms with E-state index in [1.54, 1.807) is 0 Å². The summed E-state index contributed by atoms with van der Waals surface area (Å²) in [5, 5.41) is 0. The van der Waals surface area contributed by atoms with E-state index in [9.17, 15) is 0 Å². The van der Waals surface area contributed by atoms with Gasteiger partial charge in [-0.15, -0.1) is 0 Å². The number of hydrogen-bond donors (Lipinski definition) is 0. The summed E-state index contributed by atoms with van der Waals surface area (Å²) >= 11 is 0. The first-order chi connectivity index (χ1) is 19.0. The fraction of sp³-hybridized carbons (Fsp3) is 0.361. The van der Waals surface area contributed by atoms with Gasteiger partial charge in [0.15, 0.2) is 0 Å². The van der Waals surface area contributed by atoms with Gasteiger partial charge in [-0.2, -0.15) is 0 Å². The number of pyridine rings is 1. The van der Waals surface area contributed by atoms with Gasteiger partial charge in [-0.3, -0.25) is 9.88 Å². The lowest BCUT2D eigenvalue weighted by Crippen LogP contribution is -2.35. The molecule has 3 aromatic carbocycles. The van der Waals surface area contributed by atoms with Crippen molar-refractivity contribution in [3.63, 3.8) is 0 Å². The SMILES string of the molecule is CCc1cccc(CC)c1-c1cc(OC(C)C)c(CN(Cc2ccccc2)C2Cc3ccccc3C2)c(C)n1. The molecule has 202 valence electrons. The van der Waals surface area contributed by atoms with Crippen molar-refractivity contribution in [2.45, 2.75) is 85.5 Å². The fourth-order valence-electron chi connectivity index (χ4n) is 6.05. The Hall–Kier alpha value is -3.43. The molecule has 0 aliphatic heterocycles. The van der Waals surface area contributed by atoms with E-state index in [2.05, 4.69) is 118 Å². The van der Waals surface area contributed by atoms with Crippen LogP contribution in [0.1, 0.15) is 66.8 Å². The summed E-state index contributed by atoms with van der Waals surface area (Å²) in [6.07, 6.45) is 4.22. The molecule has 4 aromatic rings. The summed E-state index contributed by atoms with van der Waals surface area (Å²) in [6.45, 7) is 12.6. The van der Waals surface area contributed by atoms with E-state index in [0.29, 0.717) is 6.04 Å². The van der Waals surface area contributed by atoms with Crippen molar-refractivity contribution in [1.82, 2.24) is 9.88 Å². The van der Waals surface area contributed by atoms with E-state index >= 15 is 0 Å². The van der Waals surface area contributed by atoms with Crippen molar-refractivity contribution in [2.75, 3.05) is 0 Å². The van der Waals surface area contributed by atoms with Crippen molar-refractivity contribution in [1.29, 1.82) is 0 Å². The Morgan fingerprint density at radius 2 is 1.44 bits per heavy atom. The van der Waals surface area contributed by atoms with Gasteiger partial charge < -0.3 is 4.74 Å². The van der Waals surface area contributed by atoms with E-state index in [1.807, 2.05) is 0 Å². The van der Waals surface area contributed by atoms with Crippen LogP contribution in [0.4, 0.5) is 0 Å². The maximum absolute atomic E-state index is 6.54. The smallest absolute Gasteiger partial charge is 0.128 e. The number of fused-ring (bicyclic) bond motifs is 1. The summed E-state index contributed by atoms with van der Waals surface area (Å²) < 4.78 is 6.54. The molecule has 0 radical (unpaired) electrons. The van der Waals surface area contributed by atoms with Gasteiger partial charge in [0.2, 0.25) is 0 Å². The first kappa shape index (κ1) is 27.1. The predicted octanol–water partition coefficient (Wildman–Crippen LogP) is 8.14. The Kier molecular flexibility index (Phi) is 8.47. The molecule has 1 aliphatic rings. The Balaban J connectivity index is 1.55. The lowest BCUT2D eigenvalue weighted by Gasteiger charge is -2.31. The number of ether oxygens (including phenoxy) is 1. The lowest BCUT2D eigenvalue weighted by atomic mass is 9.94. The molecule has 0 fully saturated rings. The standard InChI is InChI=1S/C36H42N2O/c1-6-28-18-13-19-29(7-2)36(28)34-22-35(39-25(3)4)33(26(5)37-34)24-38(23-27-14-9-8-10-15-27)32-20-30-16-11-12-17-31(30)21-32/h8-19,22,25,32H,6-7,20-21,23-24H2,1-5H3. The van der Waals surface area contributed by atoms with Crippen molar-refractivity contribution in [3.05, 3.63) is 118 Å². The van der Waals surface area contributed by atoms with Gasteiger partial charge in [-0.1, -0.05) is 86.6 Å². The zero-order chi connectivity index (χ0) is 27.4. The van der Waals surface area contributed by atoms with Gasteiger partial charge >= 0.3 is 0 Å². The van der Waals surface area contributed by atoms with Gasteiger partial charge in [-0.25, -0.2) is 0 Å². The average molecular weight is 519 g/mol. The Morgan fingerprint density at radius 3 is 2.03 bits per heavy atom. The van der Waals surface area contributed by atoms with E-state index in [0.717, 1.165) is 55.9 Å². The number of rotatable bonds is 10. The van der Waals surface area contributed by atoms with Crippen LogP contribution in [-0.2, 0) is 38.8 Å². The summed E-state index contributed by atoms with van der Waals surface area (Å²) in [5.41, 5.74) is 11.6. The highest BCUT2D eigenvalue weighted by atomic mass is 16.5. The molecule has 3 nitrogen and oxygen atoms in total. The molecule has 0 bridgehead atoms. The van der Waals surface area contributed by atoms with Crippen LogP contribution in [0.25, 0.3) is 11.3 Å². The van der Waals surface area contributed by atoms with E-state index in [4.69, 9.17) is 9.72 Å². The highest BCUT2D eigenvalue weighted by Crippen LogP contribution is 2.35. The average Bonchev–Trinajstić information content (AvgIpc) is 3.38. The number of nitrogens with zero attached hydrogens (tertiary/aromatic N) is 2. The fourth-order valence-corrected chi connectivity index (χ4v) is 6.05. The topological polar surface area (TPSA) is 25.4 Å². The highest BCUT2D eigenvalue weighted by Gasteiger charge is 2.28. The van der Waals surface area contributed by atoms with Crippen LogP contribution in [0.15, 0.2) is 78.9 Å². The molecule has 3 heteroatoms. The van der Waals surface area contributed by atoms with Crippen molar-refractivity contribution >= 4 is 0 Å². The van der Waals surface area contributed by atoms with Crippen LogP contribution < -0.4 is 4.74 Å². The minimum absolute atomic E-state index is 0.0868. The third kappa shape index (κ3) is 6.09. The number of benzene rings is 3. The third-order valence-electron chi connectivity index (χ3n) is 8.04. The second-order valence-corrected chi connectivity index (χ2v) is 11.1. The quantitative estimate of drug-likeness (QED) is 0.212. The number of aryl methyl sites for hydroxylation is 3. The van der Waals surface area contributed by atoms with Crippen LogP contribution in [-0.4, -0.2) is 22.0 Å². The first-order valence-electron chi connectivity index (χ1n) is 14.6. The Labute approximate surface area is 234 Å². The van der Waals surface area contributed by atoms with Crippen molar-refractivity contribution in [3.8, 4) is 17.0 Å². The van der Waals surface area contributed by atoms with E-state index in [-0.39, 0.29) is 6.10 Å². The molecule has 0 atom stereocenters. The van der Waals surface area contributed by atoms with Crippen LogP contribution in [0, 0.1) is 6.92 Å². The molecule has 1 aliphatic carbocycles. The summed E-state index contributed by atoms with van der Waals surface area (Å²) in [4.78, 5) is 7.89. The molecule has 5 rings (SSSR count). The zero-order valence-electron chi connectivity index (χ0n) is 24.2. The van der Waals surface area contributed by atoms with Crippen molar-refractivity contribution < 1.29 is 4.74 Å². The molecular weight excluding hydrogens is 476 g/mol. The number of aromatic nitrogens is 1. The molecule has 39 heavy (non-hydrogen) atoms. The highest BCUT2D eigenvalue weighted by molar-refractivity contribution is 5.70. The maximum atomic E-state index is 6.54. The molecule has 0 amide bonds. The molecule has 0 saturated heterocycles. The van der Waals surface area contributed by atoms with Gasteiger partial charge in [0, 0.05) is 42.0 Å². The molecule has 0 unspecified atom stereocenters. The molecule has 0 spiro atoms. The van der Waals surface area contributed by atoms with Gasteiger partial charge in [0.25, 0.3) is 0 Å². The van der Waals surface area contributed by atoms with Crippen LogP contribution in [0.5, 0.6) is 5.75 Å². The Bertz CT molecular complexity index is 1360. The van der Waals surface area contributed by atoms with Crippen LogP contribution in [0.2, 0.25) is 0 Å². The van der Waals surface area contributed by atoms with Gasteiger partial charge in [0.05, 0.1) is 11.8 Å². The zero-order valence-corrected chi connectivity index (χ0v) is 24.2. The molecule has 1 heterocycles. The van der Waals surface area contributed by atoms with Crippen LogP contribution in [0.3, 0.4) is 0 Å². The monoisotopic (exact) mass is 518 g/mol. The minimum atomic E-state index is 0.0868. The van der Waals surface area contributed by atoms with E-state index in [1.165, 1.54) is 38.9 Å². The number of hydrogen-bond acceptors (Lipinski definition) is 3.